The predicted octanol–water partition coefficient (Wildman–Crippen LogP) is 0.208. The fourth-order valence-corrected chi connectivity index (χ4v) is 6.93. The van der Waals surface area contributed by atoms with E-state index < -0.39 is 21.7 Å². The lowest BCUT2D eigenvalue weighted by molar-refractivity contribution is -0.305. The Hall–Kier alpha value is -1.87. The van der Waals surface area contributed by atoms with E-state index in [4.69, 9.17) is 0 Å². The number of thioether (sulfide) groups is 1. The molecule has 0 unspecified atom stereocenters. The highest BCUT2D eigenvalue weighted by molar-refractivity contribution is 8.16. The Bertz CT molecular complexity index is 807. The minimum atomic E-state index is -3.10. The summed E-state index contributed by atoms with van der Waals surface area (Å²) in [6, 6.07) is 9.00. The number of amidine groups is 1. The maximum absolute atomic E-state index is 12.0. The zero-order chi connectivity index (χ0) is 18.0. The number of para-hydroxylation sites is 1. The van der Waals surface area contributed by atoms with E-state index in [1.807, 2.05) is 35.2 Å². The third-order valence-corrected chi connectivity index (χ3v) is 7.30. The van der Waals surface area contributed by atoms with Crippen molar-refractivity contribution >= 4 is 44.3 Å². The maximum Gasteiger partial charge on any atom is 0.248 e. The first-order valence-electron chi connectivity index (χ1n) is 7.88. The number of carboxylic acids is 1. The molecular weight excluding hydrogens is 364 g/mol. The summed E-state index contributed by atoms with van der Waals surface area (Å²) in [4.78, 5) is 28.4. The molecule has 0 N–H and O–H groups in total. The van der Waals surface area contributed by atoms with E-state index in [1.165, 1.54) is 11.8 Å². The third kappa shape index (κ3) is 4.21. The lowest BCUT2D eigenvalue weighted by Crippen LogP contribution is -2.37. The summed E-state index contributed by atoms with van der Waals surface area (Å²) in [5, 5.41) is 10.8. The second-order valence-corrected chi connectivity index (χ2v) is 9.38. The fraction of sp³-hybridized carbons (Fsp3) is 0.438. The van der Waals surface area contributed by atoms with Crippen LogP contribution in [0, 0.1) is 0 Å². The van der Waals surface area contributed by atoms with E-state index in [0.29, 0.717) is 5.17 Å². The number of aliphatic carboxylic acids is 1. The molecule has 2 saturated heterocycles. The summed E-state index contributed by atoms with van der Waals surface area (Å²) in [5.74, 6) is -1.49. The highest BCUT2D eigenvalue weighted by Crippen LogP contribution is 2.40. The van der Waals surface area contributed by atoms with Crippen LogP contribution in [0.15, 0.2) is 35.3 Å². The number of nitrogens with zero attached hydrogens (tertiary/aromatic N) is 2. The number of anilines is 1. The molecule has 0 saturated carbocycles. The Morgan fingerprint density at radius 2 is 1.92 bits per heavy atom. The average Bonchev–Trinajstić information content (AvgIpc) is 2.98. The second kappa shape index (κ2) is 7.17. The number of rotatable bonds is 5. The van der Waals surface area contributed by atoms with Gasteiger partial charge in [0.25, 0.3) is 0 Å². The Morgan fingerprint density at radius 1 is 1.20 bits per heavy atom. The van der Waals surface area contributed by atoms with E-state index in [-0.39, 0.29) is 42.1 Å². The summed E-state index contributed by atoms with van der Waals surface area (Å²) in [6.45, 7) is 0. The minimum absolute atomic E-state index is 0.0221. The quantitative estimate of drug-likeness (QED) is 0.717. The number of sulfone groups is 1. The second-order valence-electron chi connectivity index (χ2n) is 6.02. The van der Waals surface area contributed by atoms with Crippen LogP contribution in [-0.4, -0.2) is 48.3 Å². The van der Waals surface area contributed by atoms with E-state index in [2.05, 4.69) is 4.99 Å². The molecule has 2 aliphatic heterocycles. The molecule has 0 aromatic heterocycles. The van der Waals surface area contributed by atoms with E-state index >= 15 is 0 Å². The molecule has 1 aromatic carbocycles. The molecule has 3 rings (SSSR count). The van der Waals surface area contributed by atoms with Crippen molar-refractivity contribution in [2.45, 2.75) is 30.6 Å². The number of amides is 1. The number of carboxylic acid groups (broad SMARTS) is 1. The summed E-state index contributed by atoms with van der Waals surface area (Å²) in [7, 11) is -3.10. The van der Waals surface area contributed by atoms with Crippen LogP contribution in [0.5, 0.6) is 0 Å². The normalized spacial score (nSPS) is 25.9. The van der Waals surface area contributed by atoms with Crippen molar-refractivity contribution in [1.82, 2.24) is 0 Å². The van der Waals surface area contributed by atoms with Gasteiger partial charge in [-0.25, -0.2) is 8.42 Å². The third-order valence-electron chi connectivity index (χ3n) is 4.09. The van der Waals surface area contributed by atoms with Gasteiger partial charge in [-0.05, 0) is 25.0 Å². The summed E-state index contributed by atoms with van der Waals surface area (Å²) >= 11 is 1.30. The van der Waals surface area contributed by atoms with Gasteiger partial charge in [-0.3, -0.25) is 4.79 Å². The number of benzene rings is 1. The van der Waals surface area contributed by atoms with Gasteiger partial charge in [-0.1, -0.05) is 30.0 Å². The Kier molecular flexibility index (Phi) is 5.14. The maximum atomic E-state index is 12.0. The van der Waals surface area contributed by atoms with E-state index in [9.17, 15) is 23.1 Å². The van der Waals surface area contributed by atoms with Crippen molar-refractivity contribution in [3.05, 3.63) is 30.3 Å². The van der Waals surface area contributed by atoms with Crippen LogP contribution in [0.2, 0.25) is 0 Å². The highest BCUT2D eigenvalue weighted by atomic mass is 32.2. The first-order valence-corrected chi connectivity index (χ1v) is 10.6. The number of aliphatic imine (C=N–C) groups is 1. The molecule has 134 valence electrons. The molecule has 9 heteroatoms. The van der Waals surface area contributed by atoms with Crippen LogP contribution in [-0.2, 0) is 19.4 Å². The van der Waals surface area contributed by atoms with Crippen molar-refractivity contribution in [2.75, 3.05) is 16.4 Å². The van der Waals surface area contributed by atoms with E-state index in [1.54, 1.807) is 0 Å². The lowest BCUT2D eigenvalue weighted by atomic mass is 10.2. The van der Waals surface area contributed by atoms with Crippen LogP contribution in [0.3, 0.4) is 0 Å². The number of carbonyl (C=O) groups excluding carboxylic acids is 2. The Balaban J connectivity index is 1.82. The van der Waals surface area contributed by atoms with Crippen LogP contribution in [0.4, 0.5) is 5.69 Å². The van der Waals surface area contributed by atoms with Gasteiger partial charge in [0.1, 0.15) is 0 Å². The number of hydrogen-bond donors (Lipinski definition) is 0. The van der Waals surface area contributed by atoms with Gasteiger partial charge in [-0.2, -0.15) is 4.99 Å². The Morgan fingerprint density at radius 3 is 2.60 bits per heavy atom. The van der Waals surface area contributed by atoms with Gasteiger partial charge < -0.3 is 14.8 Å². The first-order chi connectivity index (χ1) is 11.9. The van der Waals surface area contributed by atoms with Gasteiger partial charge in [0.05, 0.1) is 17.5 Å². The van der Waals surface area contributed by atoms with Crippen molar-refractivity contribution in [2.24, 2.45) is 4.99 Å². The van der Waals surface area contributed by atoms with Crippen LogP contribution >= 0.6 is 11.8 Å². The predicted molar refractivity (Wildman–Crippen MR) is 94.0 cm³/mol. The van der Waals surface area contributed by atoms with Gasteiger partial charge >= 0.3 is 0 Å². The smallest absolute Gasteiger partial charge is 0.248 e. The topological polar surface area (TPSA) is 107 Å². The van der Waals surface area contributed by atoms with Gasteiger partial charge in [-0.15, -0.1) is 0 Å². The summed E-state index contributed by atoms with van der Waals surface area (Å²) < 4.78 is 23.9. The number of fused-ring (bicyclic) bond motifs is 1. The largest absolute Gasteiger partial charge is 0.550 e. The molecule has 0 spiro atoms. The zero-order valence-corrected chi connectivity index (χ0v) is 15.0. The number of hydrogen-bond acceptors (Lipinski definition) is 6. The highest BCUT2D eigenvalue weighted by Gasteiger charge is 2.49. The van der Waals surface area contributed by atoms with Crippen molar-refractivity contribution in [3.8, 4) is 0 Å². The molecular formula is C16H17N2O5S2-. The van der Waals surface area contributed by atoms with Crippen LogP contribution < -0.4 is 10.0 Å². The SMILES string of the molecule is O=C([O-])CCCC(=O)N=C1S[C@@H]2CS(=O)(=O)C[C@@H]2N1c1ccccc1. The monoisotopic (exact) mass is 381 g/mol. The van der Waals surface area contributed by atoms with E-state index in [0.717, 1.165) is 5.69 Å². The molecule has 2 heterocycles. The zero-order valence-electron chi connectivity index (χ0n) is 13.3. The molecule has 7 nitrogen and oxygen atoms in total. The molecule has 2 fully saturated rings. The first kappa shape index (κ1) is 17.9. The number of carbonyl (C=O) groups is 2. The van der Waals surface area contributed by atoms with Gasteiger partial charge in [0.2, 0.25) is 5.91 Å². The minimum Gasteiger partial charge on any atom is -0.550 e. The average molecular weight is 381 g/mol. The molecule has 2 atom stereocenters. The van der Waals surface area contributed by atoms with Gasteiger partial charge in [0, 0.05) is 23.3 Å². The van der Waals surface area contributed by atoms with Gasteiger partial charge in [0.15, 0.2) is 15.0 Å². The van der Waals surface area contributed by atoms with Crippen molar-refractivity contribution in [1.29, 1.82) is 0 Å². The molecule has 1 aromatic rings. The molecule has 1 amide bonds. The molecule has 0 bridgehead atoms. The van der Waals surface area contributed by atoms with Crippen molar-refractivity contribution in [3.63, 3.8) is 0 Å². The molecule has 2 aliphatic rings. The molecule has 0 radical (unpaired) electrons. The molecule has 0 aliphatic carbocycles. The van der Waals surface area contributed by atoms with Crippen molar-refractivity contribution < 1.29 is 23.1 Å². The lowest BCUT2D eigenvalue weighted by Gasteiger charge is -2.24. The van der Waals surface area contributed by atoms with Crippen LogP contribution in [0.25, 0.3) is 0 Å². The Labute approximate surface area is 150 Å². The summed E-state index contributed by atoms with van der Waals surface area (Å²) in [6.07, 6.45) is 0.0130. The van der Waals surface area contributed by atoms with Crippen LogP contribution in [0.1, 0.15) is 19.3 Å². The molecule has 25 heavy (non-hydrogen) atoms. The fourth-order valence-electron chi connectivity index (χ4n) is 3.00. The standard InChI is InChI=1S/C16H18N2O5S2/c19-14(7-4-8-15(20)21)17-16-18(11-5-2-1-3-6-11)12-9-25(22,23)10-13(12)24-16/h1-3,5-6,12-13H,4,7-10H2,(H,20,21)/p-1/t12-,13+/m0/s1. The summed E-state index contributed by atoms with van der Waals surface area (Å²) in [5.41, 5.74) is 0.792.